The third kappa shape index (κ3) is 3.80. The minimum absolute atomic E-state index is 0. The molecule has 0 unspecified atom stereocenters. The molecule has 0 radical (unpaired) electrons. The van der Waals surface area contributed by atoms with Crippen LogP contribution in [-0.2, 0) is 10.3 Å². The van der Waals surface area contributed by atoms with Gasteiger partial charge in [-0.3, -0.25) is 4.57 Å². The summed E-state index contributed by atoms with van der Waals surface area (Å²) in [6, 6.07) is 9.85. The highest BCUT2D eigenvalue weighted by atomic mass is 35.5. The molecule has 10 nitrogen and oxygen atoms in total. The van der Waals surface area contributed by atoms with Gasteiger partial charge >= 0.3 is 0 Å². The number of nitrogens with zero attached hydrogens (tertiary/aromatic N) is 4. The number of aromatic nitrogens is 4. The molecule has 4 rings (SSSR count). The Labute approximate surface area is 179 Å². The third-order valence-electron chi connectivity index (χ3n) is 5.16. The molecule has 0 aliphatic carbocycles. The topological polar surface area (TPSA) is 152 Å². The number of halogens is 1. The number of rotatable bonds is 5. The molecule has 1 aliphatic rings. The summed E-state index contributed by atoms with van der Waals surface area (Å²) in [6.07, 6.45) is -2.92. The lowest BCUT2D eigenvalue weighted by atomic mass is 9.95. The first kappa shape index (κ1) is 22.2. The van der Waals surface area contributed by atoms with Crippen LogP contribution in [-0.4, -0.2) is 59.8 Å². The first-order chi connectivity index (χ1) is 13.8. The quantitative estimate of drug-likeness (QED) is 0.390. The van der Waals surface area contributed by atoms with Gasteiger partial charge in [-0.15, -0.1) is 12.4 Å². The molecule has 0 spiro atoms. The van der Waals surface area contributed by atoms with Crippen LogP contribution >= 0.6 is 12.4 Å². The Hall–Kier alpha value is -2.50. The van der Waals surface area contributed by atoms with Gasteiger partial charge in [0.15, 0.2) is 17.7 Å². The number of hydrogen-bond acceptors (Lipinski definition) is 9. The van der Waals surface area contributed by atoms with Gasteiger partial charge in [0, 0.05) is 0 Å². The average molecular weight is 437 g/mol. The number of hydrogen-bond donors (Lipinski definition) is 5. The van der Waals surface area contributed by atoms with Crippen molar-refractivity contribution in [2.75, 3.05) is 17.7 Å². The number of benzene rings is 1. The highest BCUT2D eigenvalue weighted by Crippen LogP contribution is 2.33. The van der Waals surface area contributed by atoms with Gasteiger partial charge in [0.2, 0.25) is 5.95 Å². The molecule has 1 aliphatic heterocycles. The first-order valence-corrected chi connectivity index (χ1v) is 9.28. The van der Waals surface area contributed by atoms with Crippen molar-refractivity contribution in [3.05, 3.63) is 42.2 Å². The van der Waals surface area contributed by atoms with Crippen molar-refractivity contribution in [3.63, 3.8) is 0 Å². The van der Waals surface area contributed by atoms with Crippen LogP contribution in [0.5, 0.6) is 0 Å². The molecular formula is C19H25ClN6O4. The van der Waals surface area contributed by atoms with Crippen LogP contribution in [0.25, 0.3) is 11.2 Å². The molecule has 3 aromatic rings. The van der Waals surface area contributed by atoms with Crippen LogP contribution in [0, 0.1) is 0 Å². The van der Waals surface area contributed by atoms with Crippen LogP contribution in [0.1, 0.15) is 25.6 Å². The molecule has 1 fully saturated rings. The van der Waals surface area contributed by atoms with Gasteiger partial charge in [0.25, 0.3) is 0 Å². The lowest BCUT2D eigenvalue weighted by molar-refractivity contribution is -0.0511. The molecule has 0 amide bonds. The van der Waals surface area contributed by atoms with Gasteiger partial charge in [-0.1, -0.05) is 30.3 Å². The third-order valence-corrected chi connectivity index (χ3v) is 5.16. The van der Waals surface area contributed by atoms with Crippen molar-refractivity contribution in [2.24, 2.45) is 0 Å². The van der Waals surface area contributed by atoms with E-state index in [4.69, 9.17) is 10.5 Å². The lowest BCUT2D eigenvalue weighted by Gasteiger charge is -2.27. The number of anilines is 2. The van der Waals surface area contributed by atoms with Crippen LogP contribution < -0.4 is 11.1 Å². The van der Waals surface area contributed by atoms with Crippen LogP contribution in [0.3, 0.4) is 0 Å². The van der Waals surface area contributed by atoms with E-state index in [2.05, 4.69) is 20.3 Å². The maximum Gasteiger partial charge on any atom is 0.227 e. The Kier molecular flexibility index (Phi) is 6.16. The zero-order valence-electron chi connectivity index (χ0n) is 16.5. The molecule has 30 heavy (non-hydrogen) atoms. The van der Waals surface area contributed by atoms with Crippen LogP contribution in [0.4, 0.5) is 11.8 Å². The van der Waals surface area contributed by atoms with Gasteiger partial charge in [0.1, 0.15) is 23.8 Å². The van der Waals surface area contributed by atoms with Crippen molar-refractivity contribution in [2.45, 2.75) is 43.9 Å². The smallest absolute Gasteiger partial charge is 0.227 e. The number of aliphatic hydroxyl groups excluding tert-OH is 3. The molecule has 3 heterocycles. The normalized spacial score (nSPS) is 24.0. The van der Waals surface area contributed by atoms with Crippen LogP contribution in [0.2, 0.25) is 0 Å². The Bertz CT molecular complexity index is 1010. The maximum atomic E-state index is 10.3. The van der Waals surface area contributed by atoms with E-state index in [1.807, 2.05) is 44.2 Å². The monoisotopic (exact) mass is 436 g/mol. The molecule has 4 atom stereocenters. The van der Waals surface area contributed by atoms with Gasteiger partial charge in [-0.25, -0.2) is 4.98 Å². The molecule has 162 valence electrons. The number of nitrogens with one attached hydrogen (secondary N) is 1. The summed E-state index contributed by atoms with van der Waals surface area (Å²) in [7, 11) is 0. The van der Waals surface area contributed by atoms with E-state index in [0.29, 0.717) is 11.2 Å². The number of nitrogens with two attached hydrogens (primary N) is 1. The Morgan fingerprint density at radius 1 is 1.17 bits per heavy atom. The summed E-state index contributed by atoms with van der Waals surface area (Å²) >= 11 is 0. The molecular weight excluding hydrogens is 412 g/mol. The average Bonchev–Trinajstić information content (AvgIpc) is 3.24. The van der Waals surface area contributed by atoms with E-state index in [9.17, 15) is 15.3 Å². The highest BCUT2D eigenvalue weighted by Gasteiger charge is 2.44. The molecule has 1 aromatic carbocycles. The fourth-order valence-corrected chi connectivity index (χ4v) is 3.50. The predicted octanol–water partition coefficient (Wildman–Crippen LogP) is 0.789. The Balaban J connectivity index is 0.00000256. The molecule has 1 saturated heterocycles. The minimum atomic E-state index is -1.25. The standard InChI is InChI=1S/C19H24N6O4.ClH/c1-19(2,10-6-4-3-5-7-10)24-18-22-15(20)12-16(23-18)25(9-21-12)17-14(28)13(27)11(8-26)29-17;/h3-7,9,11,13-14,17,26-28H,8H2,1-2H3,(H3,20,22,23,24);1H/t11-,13-,14-,17-;/m1./s1. The molecule has 11 heteroatoms. The summed E-state index contributed by atoms with van der Waals surface area (Å²) in [5, 5.41) is 33.0. The van der Waals surface area contributed by atoms with E-state index >= 15 is 0 Å². The molecule has 0 bridgehead atoms. The first-order valence-electron chi connectivity index (χ1n) is 9.28. The second-order valence-electron chi connectivity index (χ2n) is 7.60. The van der Waals surface area contributed by atoms with E-state index in [-0.39, 0.29) is 24.2 Å². The van der Waals surface area contributed by atoms with Gasteiger partial charge in [-0.2, -0.15) is 9.97 Å². The zero-order valence-corrected chi connectivity index (χ0v) is 17.3. The summed E-state index contributed by atoms with van der Waals surface area (Å²) in [5.74, 6) is 0.462. The zero-order chi connectivity index (χ0) is 20.8. The number of fused-ring (bicyclic) bond motifs is 1. The SMILES string of the molecule is CC(C)(Nc1nc(N)c2ncn([C@@H]3O[C@H](CO)[C@@H](O)[C@H]3O)c2n1)c1ccccc1.Cl. The molecule has 6 N–H and O–H groups in total. The number of aliphatic hydroxyl groups is 3. The Morgan fingerprint density at radius 3 is 2.50 bits per heavy atom. The second kappa shape index (κ2) is 8.32. The summed E-state index contributed by atoms with van der Waals surface area (Å²) in [6.45, 7) is 3.57. The van der Waals surface area contributed by atoms with Gasteiger partial charge in [-0.05, 0) is 19.4 Å². The van der Waals surface area contributed by atoms with Crippen molar-refractivity contribution >= 4 is 35.3 Å². The number of nitrogen functional groups attached to an aromatic ring is 1. The number of imidazole rings is 1. The summed E-state index contributed by atoms with van der Waals surface area (Å²) in [5.41, 5.74) is 7.34. The molecule has 0 saturated carbocycles. The van der Waals surface area contributed by atoms with E-state index < -0.39 is 36.7 Å². The lowest BCUT2D eigenvalue weighted by Crippen LogP contribution is -2.33. The largest absolute Gasteiger partial charge is 0.394 e. The highest BCUT2D eigenvalue weighted by molar-refractivity contribution is 5.85. The van der Waals surface area contributed by atoms with Crippen LogP contribution in [0.15, 0.2) is 36.7 Å². The van der Waals surface area contributed by atoms with Crippen molar-refractivity contribution < 1.29 is 20.1 Å². The maximum absolute atomic E-state index is 10.3. The fourth-order valence-electron chi connectivity index (χ4n) is 3.50. The van der Waals surface area contributed by atoms with E-state index in [0.717, 1.165) is 5.56 Å². The predicted molar refractivity (Wildman–Crippen MR) is 113 cm³/mol. The van der Waals surface area contributed by atoms with E-state index in [1.54, 1.807) is 0 Å². The second-order valence-corrected chi connectivity index (χ2v) is 7.60. The van der Waals surface area contributed by atoms with Gasteiger partial charge in [0.05, 0.1) is 18.5 Å². The van der Waals surface area contributed by atoms with Crippen molar-refractivity contribution in [1.82, 2.24) is 19.5 Å². The summed E-state index contributed by atoms with van der Waals surface area (Å²) in [4.78, 5) is 13.0. The van der Waals surface area contributed by atoms with Crippen molar-refractivity contribution in [3.8, 4) is 0 Å². The van der Waals surface area contributed by atoms with Gasteiger partial charge < -0.3 is 31.1 Å². The minimum Gasteiger partial charge on any atom is -0.394 e. The summed E-state index contributed by atoms with van der Waals surface area (Å²) < 4.78 is 7.07. The van der Waals surface area contributed by atoms with E-state index in [1.165, 1.54) is 10.9 Å². The Morgan fingerprint density at radius 2 is 1.87 bits per heavy atom. The number of ether oxygens (including phenoxy) is 1. The molecule has 2 aromatic heterocycles. The fraction of sp³-hybridized carbons (Fsp3) is 0.421. The van der Waals surface area contributed by atoms with Crippen molar-refractivity contribution in [1.29, 1.82) is 0 Å².